The molecule has 1 aromatic rings. The van der Waals surface area contributed by atoms with Crippen molar-refractivity contribution in [1.29, 1.82) is 0 Å². The van der Waals surface area contributed by atoms with Crippen molar-refractivity contribution in [3.63, 3.8) is 0 Å². The second-order valence-corrected chi connectivity index (χ2v) is 2.90. The molecule has 2 nitrogen and oxygen atoms in total. The number of Topliss-reactive ketones (excluding diaryl/α,β-unsaturated/α-hetero) is 1. The van der Waals surface area contributed by atoms with E-state index in [1.807, 2.05) is 19.1 Å². The summed E-state index contributed by atoms with van der Waals surface area (Å²) in [5.41, 5.74) is 2.07. The summed E-state index contributed by atoms with van der Waals surface area (Å²) in [5, 5.41) is 0. The van der Waals surface area contributed by atoms with Crippen LogP contribution in [0.5, 0.6) is 0 Å². The molecule has 11 heavy (non-hydrogen) atoms. The maximum absolute atomic E-state index is 11.2. The quantitative estimate of drug-likeness (QED) is 0.553. The molecule has 0 radical (unpaired) electrons. The van der Waals surface area contributed by atoms with Crippen LogP contribution >= 0.6 is 0 Å². The smallest absolute Gasteiger partial charge is 0.146 e. The molecule has 0 aromatic carbocycles. The molecule has 0 saturated carbocycles. The summed E-state index contributed by atoms with van der Waals surface area (Å²) < 4.78 is 0. The zero-order chi connectivity index (χ0) is 7.84. The summed E-state index contributed by atoms with van der Waals surface area (Å²) in [6, 6.07) is 3.87. The monoisotopic (exact) mass is 147 g/mol. The third-order valence-corrected chi connectivity index (χ3v) is 2.22. The van der Waals surface area contributed by atoms with Gasteiger partial charge >= 0.3 is 0 Å². The minimum absolute atomic E-state index is 0.0682. The Kier molecular flexibility index (Phi) is 1.28. The molecule has 1 aromatic heterocycles. The first kappa shape index (κ1) is 6.53. The van der Waals surface area contributed by atoms with Crippen LogP contribution in [0.3, 0.4) is 0 Å². The lowest BCUT2D eigenvalue weighted by molar-refractivity contribution is -0.118. The number of rotatable bonds is 0. The van der Waals surface area contributed by atoms with E-state index in [0.717, 1.165) is 11.3 Å². The molecule has 0 fully saturated rings. The van der Waals surface area contributed by atoms with Crippen molar-refractivity contribution >= 4 is 5.78 Å². The van der Waals surface area contributed by atoms with Crippen LogP contribution in [-0.2, 0) is 11.2 Å². The minimum atomic E-state index is 0.0682. The molecule has 0 N–H and O–H groups in total. The summed E-state index contributed by atoms with van der Waals surface area (Å²) in [4.78, 5) is 15.3. The number of fused-ring (bicyclic) bond motifs is 1. The van der Waals surface area contributed by atoms with Gasteiger partial charge in [-0.2, -0.15) is 0 Å². The zero-order valence-corrected chi connectivity index (χ0v) is 6.37. The van der Waals surface area contributed by atoms with E-state index in [1.165, 1.54) is 0 Å². The van der Waals surface area contributed by atoms with E-state index in [0.29, 0.717) is 12.2 Å². The highest BCUT2D eigenvalue weighted by molar-refractivity contribution is 5.91. The average Bonchev–Trinajstić information content (AvgIpc) is 2.30. The summed E-state index contributed by atoms with van der Waals surface area (Å²) >= 11 is 0. The predicted octanol–water partition coefficient (Wildman–Crippen LogP) is 1.31. The Bertz CT molecular complexity index is 306. The van der Waals surface area contributed by atoms with E-state index in [4.69, 9.17) is 0 Å². The van der Waals surface area contributed by atoms with E-state index in [1.54, 1.807) is 6.20 Å². The van der Waals surface area contributed by atoms with E-state index < -0.39 is 0 Å². The summed E-state index contributed by atoms with van der Waals surface area (Å²) in [5.74, 6) is 0.359. The van der Waals surface area contributed by atoms with Gasteiger partial charge < -0.3 is 0 Å². The van der Waals surface area contributed by atoms with E-state index in [-0.39, 0.29) is 5.92 Å². The molecular formula is C9H9NO. The van der Waals surface area contributed by atoms with Gasteiger partial charge in [-0.3, -0.25) is 9.78 Å². The van der Waals surface area contributed by atoms with Gasteiger partial charge in [0.15, 0.2) is 0 Å². The number of pyridine rings is 1. The lowest BCUT2D eigenvalue weighted by atomic mass is 10.1. The van der Waals surface area contributed by atoms with Crippen molar-refractivity contribution in [1.82, 2.24) is 4.98 Å². The fraction of sp³-hybridized carbons (Fsp3) is 0.333. The topological polar surface area (TPSA) is 30.0 Å². The summed E-state index contributed by atoms with van der Waals surface area (Å²) in [6.45, 7) is 1.94. The van der Waals surface area contributed by atoms with Gasteiger partial charge in [0.1, 0.15) is 5.78 Å². The molecule has 1 heterocycles. The number of aromatic nitrogens is 1. The van der Waals surface area contributed by atoms with Gasteiger partial charge in [-0.25, -0.2) is 0 Å². The van der Waals surface area contributed by atoms with Crippen LogP contribution in [0.25, 0.3) is 0 Å². The number of hydrogen-bond donors (Lipinski definition) is 0. The zero-order valence-electron chi connectivity index (χ0n) is 6.37. The highest BCUT2D eigenvalue weighted by atomic mass is 16.1. The predicted molar refractivity (Wildman–Crippen MR) is 41.4 cm³/mol. The first-order chi connectivity index (χ1) is 5.29. The summed E-state index contributed by atoms with van der Waals surface area (Å²) in [6.07, 6.45) is 2.27. The van der Waals surface area contributed by atoms with Gasteiger partial charge in [0.25, 0.3) is 0 Å². The van der Waals surface area contributed by atoms with Crippen LogP contribution in [0.2, 0.25) is 0 Å². The maximum atomic E-state index is 11.2. The van der Waals surface area contributed by atoms with Crippen LogP contribution in [-0.4, -0.2) is 10.8 Å². The van der Waals surface area contributed by atoms with Gasteiger partial charge in [0.05, 0.1) is 5.69 Å². The number of ketones is 1. The van der Waals surface area contributed by atoms with Crippen LogP contribution in [0, 0.1) is 0 Å². The summed E-state index contributed by atoms with van der Waals surface area (Å²) in [7, 11) is 0. The molecule has 0 aliphatic heterocycles. The third-order valence-electron chi connectivity index (χ3n) is 2.22. The molecule has 0 amide bonds. The molecular weight excluding hydrogens is 138 g/mol. The van der Waals surface area contributed by atoms with Gasteiger partial charge in [-0.1, -0.05) is 13.0 Å². The highest BCUT2D eigenvalue weighted by Gasteiger charge is 2.26. The second kappa shape index (κ2) is 2.16. The Morgan fingerprint density at radius 3 is 3.18 bits per heavy atom. The molecule has 1 atom stereocenters. The first-order valence-corrected chi connectivity index (χ1v) is 3.75. The molecule has 56 valence electrons. The fourth-order valence-corrected chi connectivity index (χ4v) is 1.48. The van der Waals surface area contributed by atoms with E-state index in [2.05, 4.69) is 4.98 Å². The Balaban J connectivity index is 2.55. The molecule has 2 heteroatoms. The lowest BCUT2D eigenvalue weighted by Crippen LogP contribution is -2.00. The minimum Gasteiger partial charge on any atom is -0.299 e. The molecule has 1 aliphatic carbocycles. The Hall–Kier alpha value is -1.18. The van der Waals surface area contributed by atoms with Crippen LogP contribution < -0.4 is 0 Å². The van der Waals surface area contributed by atoms with Crippen molar-refractivity contribution in [2.45, 2.75) is 19.3 Å². The normalized spacial score (nSPS) is 21.9. The Labute approximate surface area is 65.3 Å². The molecule has 1 unspecified atom stereocenters. The maximum Gasteiger partial charge on any atom is 0.146 e. The van der Waals surface area contributed by atoms with Crippen LogP contribution in [0.15, 0.2) is 18.3 Å². The number of hydrogen-bond acceptors (Lipinski definition) is 2. The van der Waals surface area contributed by atoms with Crippen LogP contribution in [0.1, 0.15) is 24.1 Å². The average molecular weight is 147 g/mol. The van der Waals surface area contributed by atoms with Gasteiger partial charge in [-0.15, -0.1) is 0 Å². The Morgan fingerprint density at radius 2 is 2.45 bits per heavy atom. The Morgan fingerprint density at radius 1 is 1.64 bits per heavy atom. The van der Waals surface area contributed by atoms with Crippen molar-refractivity contribution in [3.8, 4) is 0 Å². The molecule has 2 rings (SSSR count). The standard InChI is InChI=1S/C9H9NO/c1-6-7-3-2-4-10-8(7)5-9(6)11/h2-4,6H,5H2,1H3. The molecule has 1 aliphatic rings. The van der Waals surface area contributed by atoms with Gasteiger partial charge in [-0.05, 0) is 11.6 Å². The first-order valence-electron chi connectivity index (χ1n) is 3.75. The van der Waals surface area contributed by atoms with Crippen LogP contribution in [0.4, 0.5) is 0 Å². The van der Waals surface area contributed by atoms with Gasteiger partial charge in [0.2, 0.25) is 0 Å². The number of nitrogens with zero attached hydrogens (tertiary/aromatic N) is 1. The number of carbonyl (C=O) groups is 1. The fourth-order valence-electron chi connectivity index (χ4n) is 1.48. The van der Waals surface area contributed by atoms with Crippen molar-refractivity contribution in [3.05, 3.63) is 29.6 Å². The van der Waals surface area contributed by atoms with Crippen molar-refractivity contribution < 1.29 is 4.79 Å². The SMILES string of the molecule is CC1C(=O)Cc2ncccc21. The van der Waals surface area contributed by atoms with Crippen molar-refractivity contribution in [2.24, 2.45) is 0 Å². The molecule has 0 saturated heterocycles. The van der Waals surface area contributed by atoms with E-state index in [9.17, 15) is 4.79 Å². The van der Waals surface area contributed by atoms with E-state index >= 15 is 0 Å². The lowest BCUT2D eigenvalue weighted by Gasteiger charge is -1.99. The van der Waals surface area contributed by atoms with Gasteiger partial charge in [0, 0.05) is 18.5 Å². The second-order valence-electron chi connectivity index (χ2n) is 2.90. The van der Waals surface area contributed by atoms with Crippen molar-refractivity contribution in [2.75, 3.05) is 0 Å². The third kappa shape index (κ3) is 0.862. The number of carbonyl (C=O) groups excluding carboxylic acids is 1. The molecule has 0 spiro atoms. The highest BCUT2D eigenvalue weighted by Crippen LogP contribution is 2.27. The largest absolute Gasteiger partial charge is 0.299 e. The molecule has 0 bridgehead atoms.